The Morgan fingerprint density at radius 3 is 2.70 bits per heavy atom. The lowest BCUT2D eigenvalue weighted by Crippen LogP contribution is -2.25. The molecule has 0 fully saturated rings. The summed E-state index contributed by atoms with van der Waals surface area (Å²) in [6.45, 7) is 4.59. The SMILES string of the molecule is CCCCn1c2ccccc2c2cc(C(=O)NCCCCCCN)ncc21. The Hall–Kier alpha value is -2.40. The molecule has 0 aliphatic rings. The van der Waals surface area contributed by atoms with Crippen LogP contribution in [0.4, 0.5) is 0 Å². The molecular formula is C22H30N4O. The van der Waals surface area contributed by atoms with Gasteiger partial charge in [-0.2, -0.15) is 0 Å². The van der Waals surface area contributed by atoms with Crippen molar-refractivity contribution in [3.8, 4) is 0 Å². The van der Waals surface area contributed by atoms with Gasteiger partial charge in [-0.3, -0.25) is 4.79 Å². The van der Waals surface area contributed by atoms with Gasteiger partial charge in [0.05, 0.1) is 11.7 Å². The van der Waals surface area contributed by atoms with Crippen LogP contribution in [-0.2, 0) is 6.54 Å². The first kappa shape index (κ1) is 19.4. The lowest BCUT2D eigenvalue weighted by atomic mass is 10.1. The number of fused-ring (bicyclic) bond motifs is 3. The molecule has 0 aliphatic heterocycles. The molecule has 0 aliphatic carbocycles. The van der Waals surface area contributed by atoms with Gasteiger partial charge in [0.25, 0.3) is 5.91 Å². The molecule has 3 rings (SSSR count). The second-order valence-corrected chi connectivity index (χ2v) is 7.07. The maximum atomic E-state index is 12.5. The summed E-state index contributed by atoms with van der Waals surface area (Å²) >= 11 is 0. The maximum Gasteiger partial charge on any atom is 0.269 e. The number of amides is 1. The van der Waals surface area contributed by atoms with Crippen molar-refractivity contribution in [3.05, 3.63) is 42.2 Å². The first-order valence-corrected chi connectivity index (χ1v) is 10.1. The second kappa shape index (κ2) is 9.51. The number of nitrogens with one attached hydrogen (secondary N) is 1. The topological polar surface area (TPSA) is 72.9 Å². The minimum atomic E-state index is -0.0962. The Balaban J connectivity index is 1.78. The highest BCUT2D eigenvalue weighted by molar-refractivity contribution is 6.09. The molecule has 1 amide bonds. The van der Waals surface area contributed by atoms with Crippen LogP contribution in [0.1, 0.15) is 55.9 Å². The van der Waals surface area contributed by atoms with Crippen LogP contribution in [-0.4, -0.2) is 28.5 Å². The summed E-state index contributed by atoms with van der Waals surface area (Å²) in [5.74, 6) is -0.0962. The molecule has 0 saturated carbocycles. The Morgan fingerprint density at radius 2 is 1.89 bits per heavy atom. The molecule has 5 heteroatoms. The molecule has 0 bridgehead atoms. The van der Waals surface area contributed by atoms with Crippen molar-refractivity contribution in [2.24, 2.45) is 5.73 Å². The number of nitrogens with two attached hydrogens (primary N) is 1. The predicted octanol–water partition coefficient (Wildman–Crippen LogP) is 4.24. The fourth-order valence-corrected chi connectivity index (χ4v) is 3.54. The first-order valence-electron chi connectivity index (χ1n) is 10.1. The number of pyridine rings is 1. The minimum Gasteiger partial charge on any atom is -0.351 e. The highest BCUT2D eigenvalue weighted by Crippen LogP contribution is 2.29. The first-order chi connectivity index (χ1) is 13.3. The van der Waals surface area contributed by atoms with Crippen LogP contribution in [0, 0.1) is 0 Å². The number of carbonyl (C=O) groups is 1. The molecule has 0 radical (unpaired) electrons. The Morgan fingerprint density at radius 1 is 1.07 bits per heavy atom. The van der Waals surface area contributed by atoms with Gasteiger partial charge in [-0.05, 0) is 37.9 Å². The van der Waals surface area contributed by atoms with E-state index in [1.807, 2.05) is 18.3 Å². The molecule has 2 aromatic heterocycles. The number of aryl methyl sites for hydroxylation is 1. The molecule has 2 heterocycles. The summed E-state index contributed by atoms with van der Waals surface area (Å²) in [5, 5.41) is 5.27. The van der Waals surface area contributed by atoms with E-state index in [0.717, 1.165) is 62.5 Å². The molecule has 3 aromatic rings. The van der Waals surface area contributed by atoms with Gasteiger partial charge in [0.15, 0.2) is 0 Å². The number of rotatable bonds is 10. The summed E-state index contributed by atoms with van der Waals surface area (Å²) in [7, 11) is 0. The van der Waals surface area contributed by atoms with E-state index in [9.17, 15) is 4.79 Å². The molecule has 5 nitrogen and oxygen atoms in total. The zero-order chi connectivity index (χ0) is 19.1. The maximum absolute atomic E-state index is 12.5. The average Bonchev–Trinajstić information content (AvgIpc) is 3.02. The van der Waals surface area contributed by atoms with Crippen molar-refractivity contribution < 1.29 is 4.79 Å². The van der Waals surface area contributed by atoms with E-state index in [0.29, 0.717) is 12.2 Å². The summed E-state index contributed by atoms with van der Waals surface area (Å²) in [6, 6.07) is 10.3. The van der Waals surface area contributed by atoms with Crippen molar-refractivity contribution in [1.82, 2.24) is 14.9 Å². The van der Waals surface area contributed by atoms with Crippen LogP contribution in [0.25, 0.3) is 21.8 Å². The molecule has 3 N–H and O–H groups in total. The van der Waals surface area contributed by atoms with E-state index < -0.39 is 0 Å². The zero-order valence-electron chi connectivity index (χ0n) is 16.2. The molecule has 144 valence electrons. The predicted molar refractivity (Wildman–Crippen MR) is 112 cm³/mol. The highest BCUT2D eigenvalue weighted by atomic mass is 16.1. The van der Waals surface area contributed by atoms with Crippen molar-refractivity contribution in [3.63, 3.8) is 0 Å². The standard InChI is InChI=1S/C22H30N4O/c1-2-3-14-26-20-11-7-6-10-17(20)18-15-19(25-16-21(18)26)22(27)24-13-9-5-4-8-12-23/h6-7,10-11,15-16H,2-5,8-9,12-14,23H2,1H3,(H,24,27). The quantitative estimate of drug-likeness (QED) is 0.527. The van der Waals surface area contributed by atoms with E-state index in [-0.39, 0.29) is 5.91 Å². The van der Waals surface area contributed by atoms with Crippen LogP contribution in [0.2, 0.25) is 0 Å². The zero-order valence-corrected chi connectivity index (χ0v) is 16.2. The van der Waals surface area contributed by atoms with Crippen LogP contribution >= 0.6 is 0 Å². The lowest BCUT2D eigenvalue weighted by molar-refractivity contribution is 0.0948. The third kappa shape index (κ3) is 4.48. The lowest BCUT2D eigenvalue weighted by Gasteiger charge is -2.07. The number of hydrogen-bond acceptors (Lipinski definition) is 3. The van der Waals surface area contributed by atoms with E-state index in [4.69, 9.17) is 5.73 Å². The van der Waals surface area contributed by atoms with Gasteiger partial charge in [0.2, 0.25) is 0 Å². The van der Waals surface area contributed by atoms with E-state index >= 15 is 0 Å². The summed E-state index contributed by atoms with van der Waals surface area (Å²) < 4.78 is 2.32. The molecule has 27 heavy (non-hydrogen) atoms. The third-order valence-electron chi connectivity index (χ3n) is 5.04. The molecule has 0 atom stereocenters. The van der Waals surface area contributed by atoms with E-state index in [2.05, 4.69) is 40.0 Å². The highest BCUT2D eigenvalue weighted by Gasteiger charge is 2.14. The molecule has 0 saturated heterocycles. The molecule has 1 aromatic carbocycles. The summed E-state index contributed by atoms with van der Waals surface area (Å²) in [6.07, 6.45) is 8.36. The number of para-hydroxylation sites is 1. The van der Waals surface area contributed by atoms with E-state index in [1.165, 1.54) is 10.9 Å². The Bertz CT molecular complexity index is 900. The molecule has 0 spiro atoms. The van der Waals surface area contributed by atoms with Crippen molar-refractivity contribution in [2.75, 3.05) is 13.1 Å². The van der Waals surface area contributed by atoms with Gasteiger partial charge in [-0.25, -0.2) is 4.98 Å². The van der Waals surface area contributed by atoms with Gasteiger partial charge in [-0.1, -0.05) is 44.4 Å². The largest absolute Gasteiger partial charge is 0.351 e. The van der Waals surface area contributed by atoms with Gasteiger partial charge < -0.3 is 15.6 Å². The van der Waals surface area contributed by atoms with Crippen LogP contribution in [0.3, 0.4) is 0 Å². The van der Waals surface area contributed by atoms with Gasteiger partial charge >= 0.3 is 0 Å². The second-order valence-electron chi connectivity index (χ2n) is 7.07. The average molecular weight is 367 g/mol. The minimum absolute atomic E-state index is 0.0962. The fourth-order valence-electron chi connectivity index (χ4n) is 3.54. The number of hydrogen-bond donors (Lipinski definition) is 2. The number of unbranched alkanes of at least 4 members (excludes halogenated alkanes) is 4. The molecule has 0 unspecified atom stereocenters. The number of nitrogens with zero attached hydrogens (tertiary/aromatic N) is 2. The Kier molecular flexibility index (Phi) is 6.82. The van der Waals surface area contributed by atoms with Crippen LogP contribution in [0.5, 0.6) is 0 Å². The van der Waals surface area contributed by atoms with Crippen molar-refractivity contribution in [2.45, 2.75) is 52.0 Å². The number of benzene rings is 1. The Labute approximate surface area is 160 Å². The molecular weight excluding hydrogens is 336 g/mol. The number of carbonyl (C=O) groups excluding carboxylic acids is 1. The smallest absolute Gasteiger partial charge is 0.269 e. The number of aromatic nitrogens is 2. The van der Waals surface area contributed by atoms with Gasteiger partial charge in [0, 0.05) is 29.4 Å². The summed E-state index contributed by atoms with van der Waals surface area (Å²) in [5.41, 5.74) is 8.30. The van der Waals surface area contributed by atoms with Gasteiger partial charge in [0.1, 0.15) is 5.69 Å². The van der Waals surface area contributed by atoms with Gasteiger partial charge in [-0.15, -0.1) is 0 Å². The monoisotopic (exact) mass is 366 g/mol. The van der Waals surface area contributed by atoms with Crippen molar-refractivity contribution >= 4 is 27.7 Å². The van der Waals surface area contributed by atoms with Crippen molar-refractivity contribution in [1.29, 1.82) is 0 Å². The third-order valence-corrected chi connectivity index (χ3v) is 5.04. The van der Waals surface area contributed by atoms with E-state index in [1.54, 1.807) is 0 Å². The fraction of sp³-hybridized carbons (Fsp3) is 0.455. The van der Waals surface area contributed by atoms with Crippen LogP contribution in [0.15, 0.2) is 36.5 Å². The normalized spacial score (nSPS) is 11.3. The van der Waals surface area contributed by atoms with Crippen LogP contribution < -0.4 is 11.1 Å². The summed E-state index contributed by atoms with van der Waals surface area (Å²) in [4.78, 5) is 16.9.